The van der Waals surface area contributed by atoms with Crippen LogP contribution in [-0.4, -0.2) is 34.1 Å². The minimum atomic E-state index is -0.0174. The smallest absolute Gasteiger partial charge is 0.274 e. The Morgan fingerprint density at radius 3 is 2.25 bits per heavy atom. The van der Waals surface area contributed by atoms with Gasteiger partial charge in [-0.25, -0.2) is 0 Å². The second kappa shape index (κ2) is 6.20. The molecule has 0 atom stereocenters. The predicted molar refractivity (Wildman–Crippen MR) is 63.3 cm³/mol. The van der Waals surface area contributed by atoms with Crippen molar-refractivity contribution in [3.8, 4) is 0 Å². The molecule has 0 aromatic carbocycles. The van der Waals surface area contributed by atoms with E-state index in [9.17, 15) is 4.79 Å². The van der Waals surface area contributed by atoms with E-state index in [-0.39, 0.29) is 5.91 Å². The van der Waals surface area contributed by atoms with Crippen molar-refractivity contribution < 1.29 is 4.79 Å². The van der Waals surface area contributed by atoms with E-state index in [0.717, 1.165) is 31.6 Å². The molecule has 16 heavy (non-hydrogen) atoms. The Hall–Kier alpha value is -1.45. The van der Waals surface area contributed by atoms with Crippen LogP contribution in [0.1, 0.15) is 42.9 Å². The second-order valence-electron chi connectivity index (χ2n) is 3.85. The van der Waals surface area contributed by atoms with Crippen molar-refractivity contribution in [1.82, 2.24) is 15.1 Å². The van der Waals surface area contributed by atoms with Gasteiger partial charge < -0.3 is 4.90 Å². The van der Waals surface area contributed by atoms with Crippen molar-refractivity contribution in [3.05, 3.63) is 23.5 Å². The van der Waals surface area contributed by atoms with Gasteiger partial charge in [0.2, 0.25) is 0 Å². The van der Waals surface area contributed by atoms with Gasteiger partial charge in [-0.05, 0) is 31.9 Å². The molecule has 0 radical (unpaired) electrons. The zero-order chi connectivity index (χ0) is 12.0. The molecule has 0 aliphatic heterocycles. The molecular formula is C12H19N3O. The Labute approximate surface area is 96.7 Å². The number of carbonyl (C=O) groups is 1. The van der Waals surface area contributed by atoms with Crippen molar-refractivity contribution >= 4 is 5.91 Å². The number of aromatic nitrogens is 2. The zero-order valence-electron chi connectivity index (χ0n) is 10.2. The van der Waals surface area contributed by atoms with Gasteiger partial charge in [0.25, 0.3) is 5.91 Å². The SMILES string of the molecule is CCCN(CCC)C(=O)c1ccc(C)nn1. The van der Waals surface area contributed by atoms with Crippen molar-refractivity contribution in [3.63, 3.8) is 0 Å². The van der Waals surface area contributed by atoms with Crippen molar-refractivity contribution in [2.24, 2.45) is 0 Å². The monoisotopic (exact) mass is 221 g/mol. The molecule has 0 saturated heterocycles. The molecule has 0 aliphatic rings. The molecule has 0 N–H and O–H groups in total. The van der Waals surface area contributed by atoms with Crippen LogP contribution < -0.4 is 0 Å². The normalized spacial score (nSPS) is 10.2. The van der Waals surface area contributed by atoms with Gasteiger partial charge in [-0.2, -0.15) is 5.10 Å². The fourth-order valence-corrected chi connectivity index (χ4v) is 1.53. The third-order valence-corrected chi connectivity index (χ3v) is 2.29. The van der Waals surface area contributed by atoms with E-state index in [1.807, 2.05) is 17.9 Å². The van der Waals surface area contributed by atoms with E-state index < -0.39 is 0 Å². The second-order valence-corrected chi connectivity index (χ2v) is 3.85. The highest BCUT2D eigenvalue weighted by atomic mass is 16.2. The van der Waals surface area contributed by atoms with E-state index in [0.29, 0.717) is 5.69 Å². The van der Waals surface area contributed by atoms with E-state index in [1.165, 1.54) is 0 Å². The molecular weight excluding hydrogens is 202 g/mol. The van der Waals surface area contributed by atoms with E-state index in [2.05, 4.69) is 24.0 Å². The number of nitrogens with zero attached hydrogens (tertiary/aromatic N) is 3. The van der Waals surface area contributed by atoms with Crippen LogP contribution in [0.25, 0.3) is 0 Å². The highest BCUT2D eigenvalue weighted by molar-refractivity contribution is 5.92. The number of rotatable bonds is 5. The molecule has 0 saturated carbocycles. The number of aryl methyl sites for hydroxylation is 1. The van der Waals surface area contributed by atoms with E-state index in [1.54, 1.807) is 6.07 Å². The first-order chi connectivity index (χ1) is 7.69. The lowest BCUT2D eigenvalue weighted by Gasteiger charge is -2.20. The first-order valence-corrected chi connectivity index (χ1v) is 5.78. The maximum Gasteiger partial charge on any atom is 0.274 e. The molecule has 1 aromatic heterocycles. The fourth-order valence-electron chi connectivity index (χ4n) is 1.53. The molecule has 1 rings (SSSR count). The number of amides is 1. The molecule has 0 bridgehead atoms. The van der Waals surface area contributed by atoms with Gasteiger partial charge in [-0.3, -0.25) is 4.79 Å². The molecule has 88 valence electrons. The minimum absolute atomic E-state index is 0.0174. The minimum Gasteiger partial charge on any atom is -0.337 e. The van der Waals surface area contributed by atoms with Crippen LogP contribution in [-0.2, 0) is 0 Å². The van der Waals surface area contributed by atoms with Crippen molar-refractivity contribution in [2.45, 2.75) is 33.6 Å². The van der Waals surface area contributed by atoms with Gasteiger partial charge in [0, 0.05) is 13.1 Å². The molecule has 1 aromatic rings. The highest BCUT2D eigenvalue weighted by Crippen LogP contribution is 2.03. The molecule has 4 heteroatoms. The molecule has 1 amide bonds. The Bertz CT molecular complexity index is 329. The van der Waals surface area contributed by atoms with Crippen molar-refractivity contribution in [2.75, 3.05) is 13.1 Å². The van der Waals surface area contributed by atoms with Crippen LogP contribution in [0.4, 0.5) is 0 Å². The summed E-state index contributed by atoms with van der Waals surface area (Å²) in [6.45, 7) is 7.55. The lowest BCUT2D eigenvalue weighted by molar-refractivity contribution is 0.0748. The maximum absolute atomic E-state index is 12.1. The van der Waals surface area contributed by atoms with Gasteiger partial charge in [0.1, 0.15) is 0 Å². The Morgan fingerprint density at radius 1 is 1.19 bits per heavy atom. The number of hydrogen-bond donors (Lipinski definition) is 0. The van der Waals surface area contributed by atoms with Crippen LogP contribution in [0.2, 0.25) is 0 Å². The summed E-state index contributed by atoms with van der Waals surface area (Å²) in [7, 11) is 0. The van der Waals surface area contributed by atoms with E-state index in [4.69, 9.17) is 0 Å². The summed E-state index contributed by atoms with van der Waals surface area (Å²) in [6, 6.07) is 3.55. The third-order valence-electron chi connectivity index (χ3n) is 2.29. The molecule has 0 aliphatic carbocycles. The average Bonchev–Trinajstić information content (AvgIpc) is 2.29. The van der Waals surface area contributed by atoms with Crippen LogP contribution in [0.3, 0.4) is 0 Å². The summed E-state index contributed by atoms with van der Waals surface area (Å²) < 4.78 is 0. The first kappa shape index (κ1) is 12.6. The summed E-state index contributed by atoms with van der Waals surface area (Å²) in [6.07, 6.45) is 1.93. The summed E-state index contributed by atoms with van der Waals surface area (Å²) in [4.78, 5) is 13.9. The number of hydrogen-bond acceptors (Lipinski definition) is 3. The van der Waals surface area contributed by atoms with Gasteiger partial charge in [0.15, 0.2) is 5.69 Å². The molecule has 0 fully saturated rings. The summed E-state index contributed by atoms with van der Waals surface area (Å²) >= 11 is 0. The summed E-state index contributed by atoms with van der Waals surface area (Å²) in [5.41, 5.74) is 1.27. The lowest BCUT2D eigenvalue weighted by atomic mass is 10.3. The lowest BCUT2D eigenvalue weighted by Crippen LogP contribution is -2.33. The van der Waals surface area contributed by atoms with Gasteiger partial charge in [-0.15, -0.1) is 5.10 Å². The van der Waals surface area contributed by atoms with E-state index >= 15 is 0 Å². The molecule has 0 unspecified atom stereocenters. The third kappa shape index (κ3) is 3.29. The van der Waals surface area contributed by atoms with Gasteiger partial charge in [-0.1, -0.05) is 13.8 Å². The molecule has 0 spiro atoms. The van der Waals surface area contributed by atoms with Crippen LogP contribution in [0.5, 0.6) is 0 Å². The molecule has 1 heterocycles. The maximum atomic E-state index is 12.1. The first-order valence-electron chi connectivity index (χ1n) is 5.78. The Kier molecular flexibility index (Phi) is 4.89. The van der Waals surface area contributed by atoms with Crippen molar-refractivity contribution in [1.29, 1.82) is 0 Å². The number of carbonyl (C=O) groups excluding carboxylic acids is 1. The van der Waals surface area contributed by atoms with Crippen LogP contribution in [0, 0.1) is 6.92 Å². The average molecular weight is 221 g/mol. The summed E-state index contributed by atoms with van der Waals surface area (Å²) in [5, 5.41) is 7.83. The van der Waals surface area contributed by atoms with Crippen LogP contribution in [0.15, 0.2) is 12.1 Å². The Balaban J connectivity index is 2.77. The predicted octanol–water partition coefficient (Wildman–Crippen LogP) is 2.05. The van der Waals surface area contributed by atoms with Gasteiger partial charge >= 0.3 is 0 Å². The topological polar surface area (TPSA) is 46.1 Å². The largest absolute Gasteiger partial charge is 0.337 e. The summed E-state index contributed by atoms with van der Waals surface area (Å²) in [5.74, 6) is -0.0174. The highest BCUT2D eigenvalue weighted by Gasteiger charge is 2.15. The standard InChI is InChI=1S/C12H19N3O/c1-4-8-15(9-5-2)12(16)11-7-6-10(3)13-14-11/h6-7H,4-5,8-9H2,1-3H3. The van der Waals surface area contributed by atoms with Crippen LogP contribution >= 0.6 is 0 Å². The zero-order valence-corrected chi connectivity index (χ0v) is 10.2. The quantitative estimate of drug-likeness (QED) is 0.764. The molecule has 4 nitrogen and oxygen atoms in total. The van der Waals surface area contributed by atoms with Gasteiger partial charge in [0.05, 0.1) is 5.69 Å². The fraction of sp³-hybridized carbons (Fsp3) is 0.583. The Morgan fingerprint density at radius 2 is 1.81 bits per heavy atom.